The lowest BCUT2D eigenvalue weighted by Gasteiger charge is -2.08. The van der Waals surface area contributed by atoms with Crippen LogP contribution in [0.1, 0.15) is 24.4 Å². The maximum atomic E-state index is 13.1. The van der Waals surface area contributed by atoms with Gasteiger partial charge in [-0.1, -0.05) is 0 Å². The van der Waals surface area contributed by atoms with E-state index in [4.69, 9.17) is 0 Å². The molecule has 1 heterocycles. The number of rotatable bonds is 1. The van der Waals surface area contributed by atoms with Crippen LogP contribution in [0.25, 0.3) is 0 Å². The molecule has 0 aliphatic rings. The predicted molar refractivity (Wildman–Crippen MR) is 41.0 cm³/mol. The van der Waals surface area contributed by atoms with Gasteiger partial charge in [0.2, 0.25) is 0 Å². The number of aromatic nitrogens is 1. The first-order valence-electron chi connectivity index (χ1n) is 3.13. The molecule has 0 aromatic carbocycles. The van der Waals surface area contributed by atoms with E-state index in [9.17, 15) is 4.39 Å². The number of nitrogens with zero attached hydrogens (tertiary/aromatic N) is 1. The summed E-state index contributed by atoms with van der Waals surface area (Å²) in [4.78, 5) is 0.699. The van der Waals surface area contributed by atoms with Gasteiger partial charge in [-0.25, -0.2) is 4.39 Å². The summed E-state index contributed by atoms with van der Waals surface area (Å²) in [6.45, 7) is 4.95. The SMILES string of the molecule is Cc1cc(C(C)(C)F)sn1. The third-order valence-corrected chi connectivity index (χ3v) is 2.39. The van der Waals surface area contributed by atoms with Gasteiger partial charge in [0.05, 0.1) is 10.6 Å². The van der Waals surface area contributed by atoms with E-state index in [1.165, 1.54) is 11.5 Å². The molecule has 1 aromatic heterocycles. The fourth-order valence-corrected chi connectivity index (χ4v) is 1.38. The van der Waals surface area contributed by atoms with Crippen LogP contribution in [0, 0.1) is 6.92 Å². The van der Waals surface area contributed by atoms with E-state index < -0.39 is 5.67 Å². The van der Waals surface area contributed by atoms with Crippen LogP contribution in [0.15, 0.2) is 6.07 Å². The highest BCUT2D eigenvalue weighted by atomic mass is 32.1. The molecular formula is C7H10FNS. The van der Waals surface area contributed by atoms with Gasteiger partial charge in [0.15, 0.2) is 0 Å². The molecule has 0 unspecified atom stereocenters. The van der Waals surface area contributed by atoms with Crippen LogP contribution in [-0.4, -0.2) is 4.37 Å². The molecule has 3 heteroatoms. The van der Waals surface area contributed by atoms with Crippen LogP contribution >= 0.6 is 11.5 Å². The quantitative estimate of drug-likeness (QED) is 0.614. The van der Waals surface area contributed by atoms with Gasteiger partial charge < -0.3 is 0 Å². The van der Waals surface area contributed by atoms with Gasteiger partial charge in [0.1, 0.15) is 5.67 Å². The Labute approximate surface area is 64.1 Å². The first kappa shape index (κ1) is 7.66. The number of aryl methyl sites for hydroxylation is 1. The molecular weight excluding hydrogens is 149 g/mol. The summed E-state index contributed by atoms with van der Waals surface area (Å²) >= 11 is 1.23. The Bertz CT molecular complexity index is 224. The topological polar surface area (TPSA) is 12.9 Å². The van der Waals surface area contributed by atoms with Crippen molar-refractivity contribution in [1.82, 2.24) is 4.37 Å². The van der Waals surface area contributed by atoms with Gasteiger partial charge >= 0.3 is 0 Å². The minimum absolute atomic E-state index is 0.699. The zero-order valence-electron chi connectivity index (χ0n) is 6.31. The van der Waals surface area contributed by atoms with Crippen molar-refractivity contribution in [2.75, 3.05) is 0 Å². The minimum Gasteiger partial charge on any atom is -0.238 e. The average molecular weight is 159 g/mol. The minimum atomic E-state index is -1.23. The van der Waals surface area contributed by atoms with Crippen molar-refractivity contribution in [2.24, 2.45) is 0 Å². The first-order valence-corrected chi connectivity index (χ1v) is 3.90. The summed E-state index contributed by atoms with van der Waals surface area (Å²) < 4.78 is 17.1. The van der Waals surface area contributed by atoms with E-state index in [2.05, 4.69) is 4.37 Å². The Morgan fingerprint density at radius 3 is 2.40 bits per heavy atom. The maximum Gasteiger partial charge on any atom is 0.141 e. The Hall–Kier alpha value is -0.440. The highest BCUT2D eigenvalue weighted by Crippen LogP contribution is 2.27. The molecule has 1 rings (SSSR count). The van der Waals surface area contributed by atoms with Gasteiger partial charge in [0.25, 0.3) is 0 Å². The van der Waals surface area contributed by atoms with Crippen molar-refractivity contribution in [3.05, 3.63) is 16.6 Å². The second-order valence-electron chi connectivity index (χ2n) is 2.80. The third kappa shape index (κ3) is 1.53. The van der Waals surface area contributed by atoms with Crippen molar-refractivity contribution in [2.45, 2.75) is 26.4 Å². The molecule has 0 spiro atoms. The van der Waals surface area contributed by atoms with Crippen LogP contribution in [0.4, 0.5) is 4.39 Å². The van der Waals surface area contributed by atoms with E-state index in [-0.39, 0.29) is 0 Å². The second-order valence-corrected chi connectivity index (χ2v) is 3.61. The van der Waals surface area contributed by atoms with E-state index in [0.717, 1.165) is 5.69 Å². The molecule has 0 saturated carbocycles. The van der Waals surface area contributed by atoms with E-state index in [0.29, 0.717) is 4.88 Å². The number of hydrogen-bond acceptors (Lipinski definition) is 2. The normalized spacial score (nSPS) is 12.0. The smallest absolute Gasteiger partial charge is 0.141 e. The molecule has 0 bridgehead atoms. The molecule has 0 radical (unpaired) electrons. The van der Waals surface area contributed by atoms with E-state index in [1.807, 2.05) is 6.92 Å². The number of alkyl halides is 1. The summed E-state index contributed by atoms with van der Waals surface area (Å²) in [5.41, 5.74) is -0.336. The summed E-state index contributed by atoms with van der Waals surface area (Å²) in [7, 11) is 0. The Morgan fingerprint density at radius 2 is 2.20 bits per heavy atom. The molecule has 0 atom stereocenters. The molecule has 0 saturated heterocycles. The molecule has 0 aliphatic heterocycles. The summed E-state index contributed by atoms with van der Waals surface area (Å²) in [5.74, 6) is 0. The number of halogens is 1. The third-order valence-electron chi connectivity index (χ3n) is 1.21. The van der Waals surface area contributed by atoms with Crippen LogP contribution in [0.2, 0.25) is 0 Å². The van der Waals surface area contributed by atoms with Crippen molar-refractivity contribution in [3.63, 3.8) is 0 Å². The van der Waals surface area contributed by atoms with Gasteiger partial charge in [-0.15, -0.1) is 0 Å². The lowest BCUT2D eigenvalue weighted by atomic mass is 10.1. The summed E-state index contributed by atoms with van der Waals surface area (Å²) in [6.07, 6.45) is 0. The molecule has 0 N–H and O–H groups in total. The highest BCUT2D eigenvalue weighted by molar-refractivity contribution is 7.06. The van der Waals surface area contributed by atoms with Crippen molar-refractivity contribution in [3.8, 4) is 0 Å². The van der Waals surface area contributed by atoms with Gasteiger partial charge in [0, 0.05) is 0 Å². The molecule has 10 heavy (non-hydrogen) atoms. The fourth-order valence-electron chi connectivity index (χ4n) is 0.644. The van der Waals surface area contributed by atoms with Crippen molar-refractivity contribution >= 4 is 11.5 Å². The van der Waals surface area contributed by atoms with Crippen LogP contribution in [-0.2, 0) is 5.67 Å². The average Bonchev–Trinajstić information content (AvgIpc) is 2.11. The van der Waals surface area contributed by atoms with E-state index >= 15 is 0 Å². The maximum absolute atomic E-state index is 13.1. The monoisotopic (exact) mass is 159 g/mol. The van der Waals surface area contributed by atoms with Gasteiger partial charge in [-0.2, -0.15) is 4.37 Å². The molecule has 56 valence electrons. The van der Waals surface area contributed by atoms with Crippen LogP contribution in [0.3, 0.4) is 0 Å². The second kappa shape index (κ2) is 2.31. The summed E-state index contributed by atoms with van der Waals surface area (Å²) in [6, 6.07) is 1.78. The molecule has 0 amide bonds. The largest absolute Gasteiger partial charge is 0.238 e. The van der Waals surface area contributed by atoms with Crippen molar-refractivity contribution in [1.29, 1.82) is 0 Å². The Kier molecular flexibility index (Phi) is 1.77. The van der Waals surface area contributed by atoms with Crippen LogP contribution < -0.4 is 0 Å². The molecule has 0 aliphatic carbocycles. The fraction of sp³-hybridized carbons (Fsp3) is 0.571. The van der Waals surface area contributed by atoms with E-state index in [1.54, 1.807) is 19.9 Å². The lowest BCUT2D eigenvalue weighted by Crippen LogP contribution is -2.05. The molecule has 1 aromatic rings. The zero-order chi connectivity index (χ0) is 7.78. The predicted octanol–water partition coefficient (Wildman–Crippen LogP) is 2.66. The Balaban J connectivity index is 2.96. The number of hydrogen-bond donors (Lipinski definition) is 0. The van der Waals surface area contributed by atoms with Crippen LogP contribution in [0.5, 0.6) is 0 Å². The molecule has 0 fully saturated rings. The zero-order valence-corrected chi connectivity index (χ0v) is 7.13. The standard InChI is InChI=1S/C7H10FNS/c1-5-4-6(10-9-5)7(2,3)8/h4H,1-3H3. The van der Waals surface area contributed by atoms with Gasteiger partial charge in [-0.05, 0) is 38.4 Å². The van der Waals surface area contributed by atoms with Gasteiger partial charge in [-0.3, -0.25) is 0 Å². The summed E-state index contributed by atoms with van der Waals surface area (Å²) in [5, 5.41) is 0. The molecule has 1 nitrogen and oxygen atoms in total. The van der Waals surface area contributed by atoms with Crippen molar-refractivity contribution < 1.29 is 4.39 Å². The highest BCUT2D eigenvalue weighted by Gasteiger charge is 2.20. The Morgan fingerprint density at radius 1 is 1.60 bits per heavy atom. The lowest BCUT2D eigenvalue weighted by molar-refractivity contribution is 0.227. The first-order chi connectivity index (χ1) is 4.50.